The molecule has 2 nitrogen and oxygen atoms in total. The maximum Gasteiger partial charge on any atom is 0.0362 e. The van der Waals surface area contributed by atoms with Gasteiger partial charge in [-0.2, -0.15) is 0 Å². The summed E-state index contributed by atoms with van der Waals surface area (Å²) in [4.78, 5) is 2.95. The minimum atomic E-state index is 0.355. The summed E-state index contributed by atoms with van der Waals surface area (Å²) >= 11 is 0. The standard InChI is InChI=1S/C18H34N2/c1-2-16-10-5-6-12-18(16,14-19)20-13-7-9-15-8-3-4-11-17(15)20/h15-17H,2-14,19H2,1H3. The smallest absolute Gasteiger partial charge is 0.0362 e. The lowest BCUT2D eigenvalue weighted by Crippen LogP contribution is -2.65. The summed E-state index contributed by atoms with van der Waals surface area (Å²) in [6.07, 6.45) is 15.7. The Balaban J connectivity index is 1.86. The second-order valence-corrected chi connectivity index (χ2v) is 7.61. The van der Waals surface area contributed by atoms with E-state index in [0.29, 0.717) is 5.54 Å². The van der Waals surface area contributed by atoms with Crippen molar-refractivity contribution < 1.29 is 0 Å². The summed E-state index contributed by atoms with van der Waals surface area (Å²) in [6, 6.07) is 0.869. The predicted molar refractivity (Wildman–Crippen MR) is 85.7 cm³/mol. The third-order valence-corrected chi connectivity index (χ3v) is 6.83. The van der Waals surface area contributed by atoms with Gasteiger partial charge in [0.15, 0.2) is 0 Å². The molecule has 1 aliphatic heterocycles. The first-order valence-corrected chi connectivity index (χ1v) is 9.28. The van der Waals surface area contributed by atoms with Crippen LogP contribution in [0.2, 0.25) is 0 Å². The molecular weight excluding hydrogens is 244 g/mol. The van der Waals surface area contributed by atoms with Crippen LogP contribution in [0.1, 0.15) is 77.6 Å². The first kappa shape index (κ1) is 14.8. The summed E-state index contributed by atoms with van der Waals surface area (Å²) in [7, 11) is 0. The third-order valence-electron chi connectivity index (χ3n) is 6.83. The Kier molecular flexibility index (Phi) is 4.72. The number of piperidine rings is 1. The molecule has 0 aromatic rings. The van der Waals surface area contributed by atoms with E-state index in [1.807, 2.05) is 0 Å². The molecule has 0 radical (unpaired) electrons. The van der Waals surface area contributed by atoms with Gasteiger partial charge < -0.3 is 5.73 Å². The Morgan fingerprint density at radius 3 is 2.55 bits per heavy atom. The van der Waals surface area contributed by atoms with Gasteiger partial charge in [0.1, 0.15) is 0 Å². The molecule has 1 saturated heterocycles. The lowest BCUT2D eigenvalue weighted by atomic mass is 9.67. The van der Waals surface area contributed by atoms with Crippen molar-refractivity contribution in [3.8, 4) is 0 Å². The van der Waals surface area contributed by atoms with E-state index < -0.39 is 0 Å². The second-order valence-electron chi connectivity index (χ2n) is 7.61. The fourth-order valence-corrected chi connectivity index (χ4v) is 5.82. The van der Waals surface area contributed by atoms with Crippen molar-refractivity contribution in [3.05, 3.63) is 0 Å². The molecule has 3 aliphatic rings. The molecule has 4 atom stereocenters. The van der Waals surface area contributed by atoms with E-state index in [-0.39, 0.29) is 0 Å². The molecule has 4 unspecified atom stereocenters. The molecule has 0 amide bonds. The van der Waals surface area contributed by atoms with E-state index in [2.05, 4.69) is 11.8 Å². The van der Waals surface area contributed by atoms with Crippen LogP contribution in [0.4, 0.5) is 0 Å². The van der Waals surface area contributed by atoms with Crippen molar-refractivity contribution in [2.24, 2.45) is 17.6 Å². The molecule has 0 bridgehead atoms. The average molecular weight is 278 g/mol. The largest absolute Gasteiger partial charge is 0.329 e. The van der Waals surface area contributed by atoms with Gasteiger partial charge in [0, 0.05) is 18.1 Å². The van der Waals surface area contributed by atoms with E-state index in [1.165, 1.54) is 77.2 Å². The fourth-order valence-electron chi connectivity index (χ4n) is 5.82. The van der Waals surface area contributed by atoms with Gasteiger partial charge >= 0.3 is 0 Å². The molecule has 20 heavy (non-hydrogen) atoms. The molecule has 0 aromatic heterocycles. The minimum absolute atomic E-state index is 0.355. The van der Waals surface area contributed by atoms with Gasteiger partial charge in [-0.05, 0) is 56.9 Å². The topological polar surface area (TPSA) is 29.3 Å². The maximum atomic E-state index is 6.42. The number of hydrogen-bond donors (Lipinski definition) is 1. The van der Waals surface area contributed by atoms with Crippen LogP contribution in [0.5, 0.6) is 0 Å². The summed E-state index contributed by atoms with van der Waals surface area (Å²) < 4.78 is 0. The highest BCUT2D eigenvalue weighted by atomic mass is 15.3. The lowest BCUT2D eigenvalue weighted by Gasteiger charge is -2.58. The Hall–Kier alpha value is -0.0800. The van der Waals surface area contributed by atoms with Crippen LogP contribution in [-0.4, -0.2) is 29.6 Å². The highest BCUT2D eigenvalue weighted by Gasteiger charge is 2.48. The van der Waals surface area contributed by atoms with Crippen LogP contribution < -0.4 is 5.73 Å². The molecule has 3 rings (SSSR count). The number of nitrogens with zero attached hydrogens (tertiary/aromatic N) is 1. The Morgan fingerprint density at radius 1 is 1.00 bits per heavy atom. The van der Waals surface area contributed by atoms with Gasteiger partial charge in [0.2, 0.25) is 0 Å². The average Bonchev–Trinajstić information content (AvgIpc) is 2.54. The van der Waals surface area contributed by atoms with Crippen molar-refractivity contribution in [1.29, 1.82) is 0 Å². The van der Waals surface area contributed by atoms with Gasteiger partial charge in [0.25, 0.3) is 0 Å². The third kappa shape index (κ3) is 2.43. The van der Waals surface area contributed by atoms with Crippen LogP contribution >= 0.6 is 0 Å². The first-order valence-electron chi connectivity index (χ1n) is 9.28. The Morgan fingerprint density at radius 2 is 1.75 bits per heavy atom. The van der Waals surface area contributed by atoms with E-state index in [9.17, 15) is 0 Å². The summed E-state index contributed by atoms with van der Waals surface area (Å²) in [5.41, 5.74) is 6.77. The Labute approximate surface area is 125 Å². The SMILES string of the molecule is CCC1CCCCC1(CN)N1CCCC2CCCCC21. The molecule has 2 N–H and O–H groups in total. The predicted octanol–water partition coefficient (Wildman–Crippen LogP) is 3.94. The quantitative estimate of drug-likeness (QED) is 0.847. The highest BCUT2D eigenvalue weighted by molar-refractivity contribution is 5.04. The summed E-state index contributed by atoms with van der Waals surface area (Å²) in [5.74, 6) is 1.84. The van der Waals surface area contributed by atoms with E-state index in [4.69, 9.17) is 5.73 Å². The van der Waals surface area contributed by atoms with Crippen LogP contribution in [-0.2, 0) is 0 Å². The van der Waals surface area contributed by atoms with Crippen LogP contribution in [0.25, 0.3) is 0 Å². The van der Waals surface area contributed by atoms with Crippen molar-refractivity contribution in [1.82, 2.24) is 4.90 Å². The Bertz CT molecular complexity index is 315. The van der Waals surface area contributed by atoms with Crippen molar-refractivity contribution in [2.45, 2.75) is 89.1 Å². The van der Waals surface area contributed by atoms with Gasteiger partial charge in [0.05, 0.1) is 0 Å². The van der Waals surface area contributed by atoms with Gasteiger partial charge in [-0.25, -0.2) is 0 Å². The number of hydrogen-bond acceptors (Lipinski definition) is 2. The normalized spacial score (nSPS) is 43.2. The highest BCUT2D eigenvalue weighted by Crippen LogP contribution is 2.46. The monoisotopic (exact) mass is 278 g/mol. The zero-order chi connectivity index (χ0) is 14.0. The number of fused-ring (bicyclic) bond motifs is 1. The molecule has 2 saturated carbocycles. The van der Waals surface area contributed by atoms with Gasteiger partial charge in [-0.3, -0.25) is 4.90 Å². The summed E-state index contributed by atoms with van der Waals surface area (Å²) in [6.45, 7) is 4.62. The lowest BCUT2D eigenvalue weighted by molar-refractivity contribution is -0.0726. The van der Waals surface area contributed by atoms with Crippen LogP contribution in [0.3, 0.4) is 0 Å². The molecule has 0 spiro atoms. The number of nitrogens with two attached hydrogens (primary N) is 1. The van der Waals surface area contributed by atoms with Gasteiger partial charge in [-0.15, -0.1) is 0 Å². The van der Waals surface area contributed by atoms with E-state index in [0.717, 1.165) is 24.4 Å². The second kappa shape index (κ2) is 6.36. The molecule has 2 aliphatic carbocycles. The zero-order valence-corrected chi connectivity index (χ0v) is 13.4. The molecular formula is C18H34N2. The zero-order valence-electron chi connectivity index (χ0n) is 13.4. The maximum absolute atomic E-state index is 6.42. The molecule has 1 heterocycles. The van der Waals surface area contributed by atoms with Crippen LogP contribution in [0.15, 0.2) is 0 Å². The minimum Gasteiger partial charge on any atom is -0.329 e. The molecule has 0 aromatic carbocycles. The molecule has 116 valence electrons. The van der Waals surface area contributed by atoms with Crippen molar-refractivity contribution in [3.63, 3.8) is 0 Å². The summed E-state index contributed by atoms with van der Waals surface area (Å²) in [5, 5.41) is 0. The van der Waals surface area contributed by atoms with E-state index >= 15 is 0 Å². The van der Waals surface area contributed by atoms with Crippen molar-refractivity contribution in [2.75, 3.05) is 13.1 Å². The number of likely N-dealkylation sites (tertiary alicyclic amines) is 1. The van der Waals surface area contributed by atoms with Crippen LogP contribution in [0, 0.1) is 11.8 Å². The first-order chi connectivity index (χ1) is 9.81. The van der Waals surface area contributed by atoms with Gasteiger partial charge in [-0.1, -0.05) is 39.0 Å². The molecule has 2 heteroatoms. The fraction of sp³-hybridized carbons (Fsp3) is 1.00. The molecule has 3 fully saturated rings. The van der Waals surface area contributed by atoms with Crippen molar-refractivity contribution >= 4 is 0 Å². The van der Waals surface area contributed by atoms with E-state index in [1.54, 1.807) is 0 Å². The number of rotatable bonds is 3.